The predicted molar refractivity (Wildman–Crippen MR) is 79.5 cm³/mol. The molecule has 102 valence electrons. The van der Waals surface area contributed by atoms with Gasteiger partial charge in [0.15, 0.2) is 0 Å². The third-order valence-corrected chi connectivity index (χ3v) is 4.06. The van der Waals surface area contributed by atoms with Crippen LogP contribution in [0.2, 0.25) is 0 Å². The molecule has 2 rings (SSSR count). The predicted octanol–water partition coefficient (Wildman–Crippen LogP) is 4.10. The van der Waals surface area contributed by atoms with Crippen LogP contribution in [0.15, 0.2) is 36.4 Å². The highest BCUT2D eigenvalue weighted by molar-refractivity contribution is 5.88. The van der Waals surface area contributed by atoms with Crippen molar-refractivity contribution in [3.05, 3.63) is 42.0 Å². The van der Waals surface area contributed by atoms with Crippen molar-refractivity contribution in [1.82, 2.24) is 0 Å². The van der Waals surface area contributed by atoms with E-state index in [9.17, 15) is 5.11 Å². The maximum absolute atomic E-state index is 11.0. The topological polar surface area (TPSA) is 29.5 Å². The molecule has 1 unspecified atom stereocenters. The van der Waals surface area contributed by atoms with Crippen molar-refractivity contribution in [2.24, 2.45) is 5.41 Å². The van der Waals surface area contributed by atoms with Gasteiger partial charge < -0.3 is 9.84 Å². The lowest BCUT2D eigenvalue weighted by Crippen LogP contribution is -2.37. The van der Waals surface area contributed by atoms with E-state index < -0.39 is 5.60 Å². The van der Waals surface area contributed by atoms with Gasteiger partial charge in [-0.3, -0.25) is 0 Å². The highest BCUT2D eigenvalue weighted by Gasteiger charge is 2.38. The van der Waals surface area contributed by atoms with E-state index in [-0.39, 0.29) is 5.41 Å². The van der Waals surface area contributed by atoms with E-state index in [2.05, 4.69) is 0 Å². The molecule has 19 heavy (non-hydrogen) atoms. The van der Waals surface area contributed by atoms with Gasteiger partial charge in [-0.15, -0.1) is 0 Å². The minimum Gasteiger partial charge on any atom is -0.497 e. The van der Waals surface area contributed by atoms with E-state index in [0.717, 1.165) is 22.1 Å². The monoisotopic (exact) mass is 258 g/mol. The summed E-state index contributed by atoms with van der Waals surface area (Å²) >= 11 is 0. The highest BCUT2D eigenvalue weighted by atomic mass is 16.5. The first-order valence-corrected chi connectivity index (χ1v) is 6.57. The lowest BCUT2D eigenvalue weighted by Gasteiger charge is -2.38. The van der Waals surface area contributed by atoms with Gasteiger partial charge in [0.25, 0.3) is 0 Å². The normalized spacial score (nSPS) is 15.3. The van der Waals surface area contributed by atoms with Crippen molar-refractivity contribution in [2.45, 2.75) is 33.3 Å². The Morgan fingerprint density at radius 3 is 2.21 bits per heavy atom. The highest BCUT2D eigenvalue weighted by Crippen LogP contribution is 2.43. The first kappa shape index (κ1) is 13.9. The average molecular weight is 258 g/mol. The fraction of sp³-hybridized carbons (Fsp3) is 0.412. The first-order valence-electron chi connectivity index (χ1n) is 6.57. The Bertz CT molecular complexity index is 592. The molecule has 0 aliphatic rings. The molecule has 0 saturated carbocycles. The molecule has 2 aromatic carbocycles. The first-order chi connectivity index (χ1) is 8.77. The van der Waals surface area contributed by atoms with Crippen molar-refractivity contribution in [2.75, 3.05) is 7.11 Å². The SMILES string of the molecule is COc1cc(C(C)(O)C(C)(C)C)c2ccccc2c1. The summed E-state index contributed by atoms with van der Waals surface area (Å²) in [7, 11) is 1.65. The van der Waals surface area contributed by atoms with E-state index in [1.807, 2.05) is 64.1 Å². The molecule has 2 heteroatoms. The smallest absolute Gasteiger partial charge is 0.119 e. The number of hydrogen-bond acceptors (Lipinski definition) is 2. The molecule has 2 nitrogen and oxygen atoms in total. The van der Waals surface area contributed by atoms with Crippen LogP contribution in [0.1, 0.15) is 33.3 Å². The number of aliphatic hydroxyl groups is 1. The summed E-state index contributed by atoms with van der Waals surface area (Å²) in [4.78, 5) is 0. The van der Waals surface area contributed by atoms with Crippen LogP contribution < -0.4 is 4.74 Å². The number of fused-ring (bicyclic) bond motifs is 1. The number of rotatable bonds is 2. The average Bonchev–Trinajstić information content (AvgIpc) is 2.36. The van der Waals surface area contributed by atoms with Gasteiger partial charge in [0, 0.05) is 0 Å². The van der Waals surface area contributed by atoms with E-state index in [0.29, 0.717) is 0 Å². The van der Waals surface area contributed by atoms with E-state index in [1.165, 1.54) is 0 Å². The summed E-state index contributed by atoms with van der Waals surface area (Å²) in [5, 5.41) is 13.1. The van der Waals surface area contributed by atoms with Crippen molar-refractivity contribution < 1.29 is 9.84 Å². The Kier molecular flexibility index (Phi) is 3.31. The maximum atomic E-state index is 11.0. The Hall–Kier alpha value is -1.54. The van der Waals surface area contributed by atoms with Crippen LogP contribution in [0.25, 0.3) is 10.8 Å². The van der Waals surface area contributed by atoms with Gasteiger partial charge in [0.05, 0.1) is 12.7 Å². The summed E-state index contributed by atoms with van der Waals surface area (Å²) in [6.07, 6.45) is 0. The molecule has 0 heterocycles. The zero-order valence-corrected chi connectivity index (χ0v) is 12.3. The molecule has 0 bridgehead atoms. The second kappa shape index (κ2) is 4.53. The van der Waals surface area contributed by atoms with E-state index >= 15 is 0 Å². The van der Waals surface area contributed by atoms with Crippen LogP contribution in [0, 0.1) is 5.41 Å². The van der Waals surface area contributed by atoms with E-state index in [1.54, 1.807) is 7.11 Å². The van der Waals surface area contributed by atoms with Crippen LogP contribution in [0.3, 0.4) is 0 Å². The summed E-state index contributed by atoms with van der Waals surface area (Å²) in [6.45, 7) is 8.00. The van der Waals surface area contributed by atoms with Gasteiger partial charge in [-0.1, -0.05) is 45.0 Å². The second-order valence-electron chi connectivity index (χ2n) is 6.22. The quantitative estimate of drug-likeness (QED) is 0.878. The van der Waals surface area contributed by atoms with Crippen LogP contribution >= 0.6 is 0 Å². The molecule has 2 aromatic rings. The van der Waals surface area contributed by atoms with Gasteiger partial charge in [0.2, 0.25) is 0 Å². The molecular weight excluding hydrogens is 236 g/mol. The molecule has 0 saturated heterocycles. The van der Waals surface area contributed by atoms with Crippen molar-refractivity contribution in [1.29, 1.82) is 0 Å². The molecule has 1 atom stereocenters. The minimum absolute atomic E-state index is 0.262. The van der Waals surface area contributed by atoms with Gasteiger partial charge in [-0.25, -0.2) is 0 Å². The largest absolute Gasteiger partial charge is 0.497 e. The van der Waals surface area contributed by atoms with Crippen LogP contribution in [-0.4, -0.2) is 12.2 Å². The summed E-state index contributed by atoms with van der Waals surface area (Å²) in [6, 6.07) is 12.0. The van der Waals surface area contributed by atoms with Gasteiger partial charge in [-0.2, -0.15) is 0 Å². The van der Waals surface area contributed by atoms with Crippen molar-refractivity contribution in [3.63, 3.8) is 0 Å². The summed E-state index contributed by atoms with van der Waals surface area (Å²) < 4.78 is 5.36. The summed E-state index contributed by atoms with van der Waals surface area (Å²) in [5.74, 6) is 0.776. The number of hydrogen-bond donors (Lipinski definition) is 1. The summed E-state index contributed by atoms with van der Waals surface area (Å²) in [5.41, 5.74) is -0.279. The third-order valence-electron chi connectivity index (χ3n) is 4.06. The molecule has 0 aliphatic heterocycles. The molecule has 0 aromatic heterocycles. The molecule has 0 spiro atoms. The van der Waals surface area contributed by atoms with E-state index in [4.69, 9.17) is 4.74 Å². The Labute approximate surface area is 115 Å². The lowest BCUT2D eigenvalue weighted by molar-refractivity contribution is -0.0458. The molecule has 0 aliphatic carbocycles. The zero-order valence-electron chi connectivity index (χ0n) is 12.3. The zero-order chi connectivity index (χ0) is 14.3. The lowest BCUT2D eigenvalue weighted by atomic mass is 9.72. The Morgan fingerprint density at radius 1 is 1.00 bits per heavy atom. The minimum atomic E-state index is -0.929. The number of ether oxygens (including phenoxy) is 1. The van der Waals surface area contributed by atoms with Crippen molar-refractivity contribution >= 4 is 10.8 Å². The standard InChI is InChI=1S/C17H22O2/c1-16(2,3)17(4,18)15-11-13(19-5)10-12-8-6-7-9-14(12)15/h6-11,18H,1-5H3. The van der Waals surface area contributed by atoms with Crippen molar-refractivity contribution in [3.8, 4) is 5.75 Å². The molecule has 1 N–H and O–H groups in total. The maximum Gasteiger partial charge on any atom is 0.119 e. The van der Waals surface area contributed by atoms with Gasteiger partial charge >= 0.3 is 0 Å². The molecule has 0 amide bonds. The van der Waals surface area contributed by atoms with Gasteiger partial charge in [-0.05, 0) is 40.8 Å². The fourth-order valence-corrected chi connectivity index (χ4v) is 2.21. The number of methoxy groups -OCH3 is 1. The van der Waals surface area contributed by atoms with Gasteiger partial charge in [0.1, 0.15) is 5.75 Å². The Balaban J connectivity index is 2.78. The molecule has 0 fully saturated rings. The van der Waals surface area contributed by atoms with Crippen LogP contribution in [0.5, 0.6) is 5.75 Å². The van der Waals surface area contributed by atoms with Crippen LogP contribution in [0.4, 0.5) is 0 Å². The second-order valence-corrected chi connectivity index (χ2v) is 6.22. The van der Waals surface area contributed by atoms with Crippen LogP contribution in [-0.2, 0) is 5.60 Å². The Morgan fingerprint density at radius 2 is 1.63 bits per heavy atom. The third kappa shape index (κ3) is 2.33. The molecule has 0 radical (unpaired) electrons. The fourth-order valence-electron chi connectivity index (χ4n) is 2.21. The number of benzene rings is 2. The molecular formula is C17H22O2.